The van der Waals surface area contributed by atoms with Gasteiger partial charge in [-0.15, -0.1) is 0 Å². The van der Waals surface area contributed by atoms with Gasteiger partial charge in [-0.2, -0.15) is 0 Å². The van der Waals surface area contributed by atoms with Crippen molar-refractivity contribution in [2.24, 2.45) is 11.8 Å². The maximum atomic E-state index is 13.6. The molecule has 212 valence electrons. The summed E-state index contributed by atoms with van der Waals surface area (Å²) in [6.07, 6.45) is 4.92. The Morgan fingerprint density at radius 2 is 1.75 bits per heavy atom. The zero-order chi connectivity index (χ0) is 28.1. The molecule has 2 saturated heterocycles. The lowest BCUT2D eigenvalue weighted by molar-refractivity contribution is -0.148. The number of carbonyl (C=O) groups is 2. The van der Waals surface area contributed by atoms with Gasteiger partial charge in [0.1, 0.15) is 0 Å². The number of rotatable bonds is 6. The highest BCUT2D eigenvalue weighted by Crippen LogP contribution is 2.42. The number of hydrogen-bond acceptors (Lipinski definition) is 4. The molecule has 3 fully saturated rings. The number of hydrogen-bond donors (Lipinski definition) is 0. The van der Waals surface area contributed by atoms with E-state index in [9.17, 15) is 18.4 Å². The number of alkyl halides is 2. The summed E-state index contributed by atoms with van der Waals surface area (Å²) in [6, 6.07) is 12.3. The van der Waals surface area contributed by atoms with Gasteiger partial charge in [-0.1, -0.05) is 30.3 Å². The molecule has 4 heterocycles. The molecule has 1 aromatic heterocycles. The number of fused-ring (bicyclic) bond motifs is 1. The van der Waals surface area contributed by atoms with Crippen molar-refractivity contribution in [3.05, 3.63) is 76.8 Å². The standard InChI is InChI=1S/C32H38F2N4O2/c1-22-10-14-35-23(2)28(22)30(40)37-18-25-16-36(17-26(25)19-37)15-13-31(27-6-4-3-5-7-27)20-38(21-31)29(39)24-8-11-32(33,34)12-9-24/h3-7,10,14,18,24,26H,8-9,11-13,15-17,19-21H2,1-2H3. The van der Waals surface area contributed by atoms with Gasteiger partial charge in [-0.3, -0.25) is 19.5 Å². The Balaban J connectivity index is 1.08. The Morgan fingerprint density at radius 1 is 1.02 bits per heavy atom. The number of aryl methyl sites for hydroxylation is 2. The summed E-state index contributed by atoms with van der Waals surface area (Å²) in [5, 5.41) is 0. The van der Waals surface area contributed by atoms with Gasteiger partial charge in [0.25, 0.3) is 5.91 Å². The predicted octanol–water partition coefficient (Wildman–Crippen LogP) is 4.97. The van der Waals surface area contributed by atoms with Crippen molar-refractivity contribution >= 4 is 11.8 Å². The molecule has 2 amide bonds. The Labute approximate surface area is 235 Å². The van der Waals surface area contributed by atoms with Gasteiger partial charge in [0.05, 0.1) is 11.3 Å². The van der Waals surface area contributed by atoms with Crippen LogP contribution < -0.4 is 0 Å². The van der Waals surface area contributed by atoms with Crippen molar-refractivity contribution in [1.82, 2.24) is 19.7 Å². The Bertz CT molecular complexity index is 1290. The first-order chi connectivity index (χ1) is 19.1. The van der Waals surface area contributed by atoms with Crippen molar-refractivity contribution in [1.29, 1.82) is 0 Å². The number of amides is 2. The molecule has 0 N–H and O–H groups in total. The lowest BCUT2D eigenvalue weighted by Gasteiger charge is -2.52. The molecule has 2 aromatic rings. The highest BCUT2D eigenvalue weighted by molar-refractivity contribution is 5.97. The van der Waals surface area contributed by atoms with Crippen LogP contribution in [0.2, 0.25) is 0 Å². The van der Waals surface area contributed by atoms with Crippen molar-refractivity contribution in [2.75, 3.05) is 39.3 Å². The van der Waals surface area contributed by atoms with E-state index in [4.69, 9.17) is 0 Å². The molecule has 1 aromatic carbocycles. The fraction of sp³-hybridized carbons (Fsp3) is 0.531. The van der Waals surface area contributed by atoms with Gasteiger partial charge in [0.2, 0.25) is 11.8 Å². The molecule has 1 atom stereocenters. The summed E-state index contributed by atoms with van der Waals surface area (Å²) in [5.41, 5.74) is 4.86. The molecule has 0 spiro atoms. The fourth-order valence-corrected chi connectivity index (χ4v) is 7.20. The summed E-state index contributed by atoms with van der Waals surface area (Å²) < 4.78 is 27.3. The van der Waals surface area contributed by atoms with Gasteiger partial charge >= 0.3 is 0 Å². The SMILES string of the molecule is Cc1ccnc(C)c1C(=O)N1C=C2CN(CCC3(c4ccccc4)CN(C(=O)C4CCC(F)(F)CC4)C3)CC2C1. The molecule has 6 rings (SSSR count). The topological polar surface area (TPSA) is 56.8 Å². The Morgan fingerprint density at radius 3 is 2.42 bits per heavy atom. The average molecular weight is 549 g/mol. The number of aromatic nitrogens is 1. The van der Waals surface area contributed by atoms with Gasteiger partial charge in [-0.25, -0.2) is 8.78 Å². The number of likely N-dealkylation sites (tertiary alicyclic amines) is 2. The third-order valence-electron chi connectivity index (χ3n) is 9.63. The van der Waals surface area contributed by atoms with E-state index in [-0.39, 0.29) is 48.8 Å². The Kier molecular flexibility index (Phi) is 7.01. The lowest BCUT2D eigenvalue weighted by atomic mass is 9.70. The van der Waals surface area contributed by atoms with Crippen LogP contribution in [-0.2, 0) is 10.2 Å². The average Bonchev–Trinajstić information content (AvgIpc) is 3.47. The zero-order valence-electron chi connectivity index (χ0n) is 23.4. The first-order valence-corrected chi connectivity index (χ1v) is 14.5. The van der Waals surface area contributed by atoms with Crippen LogP contribution in [0.3, 0.4) is 0 Å². The first-order valence-electron chi connectivity index (χ1n) is 14.5. The van der Waals surface area contributed by atoms with Crippen LogP contribution in [0.5, 0.6) is 0 Å². The van der Waals surface area contributed by atoms with Gasteiger partial charge < -0.3 is 9.80 Å². The number of nitrogens with zero attached hydrogens (tertiary/aromatic N) is 4. The Hall–Kier alpha value is -3.13. The van der Waals surface area contributed by atoms with E-state index in [0.717, 1.165) is 37.3 Å². The van der Waals surface area contributed by atoms with Crippen molar-refractivity contribution in [3.63, 3.8) is 0 Å². The van der Waals surface area contributed by atoms with Crippen LogP contribution in [-0.4, -0.2) is 76.7 Å². The molecule has 1 saturated carbocycles. The van der Waals surface area contributed by atoms with E-state index < -0.39 is 5.92 Å². The molecule has 0 bridgehead atoms. The van der Waals surface area contributed by atoms with Crippen molar-refractivity contribution < 1.29 is 18.4 Å². The lowest BCUT2D eigenvalue weighted by Crippen LogP contribution is -2.63. The largest absolute Gasteiger partial charge is 0.341 e. The fourth-order valence-electron chi connectivity index (χ4n) is 7.20. The van der Waals surface area contributed by atoms with Crippen LogP contribution in [0.25, 0.3) is 0 Å². The number of carbonyl (C=O) groups excluding carboxylic acids is 2. The van der Waals surface area contributed by atoms with E-state index >= 15 is 0 Å². The minimum absolute atomic E-state index is 0.0282. The summed E-state index contributed by atoms with van der Waals surface area (Å²) in [5.74, 6) is -2.47. The molecular formula is C32H38F2N4O2. The third kappa shape index (κ3) is 5.06. The molecule has 1 aliphatic carbocycles. The molecule has 8 heteroatoms. The van der Waals surface area contributed by atoms with Gasteiger partial charge in [0.15, 0.2) is 0 Å². The highest BCUT2D eigenvalue weighted by Gasteiger charge is 2.49. The third-order valence-corrected chi connectivity index (χ3v) is 9.63. The second-order valence-electron chi connectivity index (χ2n) is 12.4. The van der Waals surface area contributed by atoms with Gasteiger partial charge in [-0.05, 0) is 62.4 Å². The molecule has 40 heavy (non-hydrogen) atoms. The number of halogens is 2. The molecular weight excluding hydrogens is 510 g/mol. The molecule has 6 nitrogen and oxygen atoms in total. The predicted molar refractivity (Wildman–Crippen MR) is 149 cm³/mol. The van der Waals surface area contributed by atoms with Crippen LogP contribution >= 0.6 is 0 Å². The van der Waals surface area contributed by atoms with Crippen molar-refractivity contribution in [3.8, 4) is 0 Å². The molecule has 3 aliphatic heterocycles. The van der Waals surface area contributed by atoms with Gasteiger partial charge in [0, 0.05) is 75.2 Å². The molecule has 1 unspecified atom stereocenters. The quantitative estimate of drug-likeness (QED) is 0.512. The van der Waals surface area contributed by atoms with E-state index in [0.29, 0.717) is 31.1 Å². The van der Waals surface area contributed by atoms with E-state index in [1.807, 2.05) is 54.1 Å². The minimum atomic E-state index is -2.62. The van der Waals surface area contributed by atoms with Crippen LogP contribution in [0.1, 0.15) is 59.3 Å². The van der Waals surface area contributed by atoms with Crippen LogP contribution in [0.15, 0.2) is 54.4 Å². The number of pyridine rings is 1. The molecule has 0 radical (unpaired) electrons. The normalized spacial score (nSPS) is 24.0. The summed E-state index contributed by atoms with van der Waals surface area (Å²) in [4.78, 5) is 37.0. The zero-order valence-corrected chi connectivity index (χ0v) is 23.4. The summed E-state index contributed by atoms with van der Waals surface area (Å²) in [7, 11) is 0. The highest BCUT2D eigenvalue weighted by atomic mass is 19.3. The van der Waals surface area contributed by atoms with Crippen LogP contribution in [0.4, 0.5) is 8.78 Å². The maximum Gasteiger partial charge on any atom is 0.259 e. The van der Waals surface area contributed by atoms with E-state index in [1.54, 1.807) is 6.20 Å². The maximum absolute atomic E-state index is 13.6. The number of benzene rings is 1. The second kappa shape index (κ2) is 10.4. The van der Waals surface area contributed by atoms with Crippen molar-refractivity contribution in [2.45, 2.75) is 57.3 Å². The summed E-state index contributed by atoms with van der Waals surface area (Å²) in [6.45, 7) is 8.52. The van der Waals surface area contributed by atoms with E-state index in [2.05, 4.69) is 22.0 Å². The summed E-state index contributed by atoms with van der Waals surface area (Å²) >= 11 is 0. The second-order valence-corrected chi connectivity index (χ2v) is 12.4. The van der Waals surface area contributed by atoms with E-state index in [1.165, 1.54) is 11.1 Å². The first kappa shape index (κ1) is 27.1. The van der Waals surface area contributed by atoms with Crippen LogP contribution in [0, 0.1) is 25.7 Å². The smallest absolute Gasteiger partial charge is 0.259 e. The molecule has 4 aliphatic rings. The monoisotopic (exact) mass is 548 g/mol. The minimum Gasteiger partial charge on any atom is -0.341 e.